The van der Waals surface area contributed by atoms with Gasteiger partial charge in [0.1, 0.15) is 12.6 Å². The molecule has 19 heavy (non-hydrogen) atoms. The van der Waals surface area contributed by atoms with Gasteiger partial charge in [0.05, 0.1) is 6.61 Å². The normalized spacial score (nSPS) is 13.1. The maximum atomic E-state index is 11.7. The molecule has 0 saturated carbocycles. The minimum atomic E-state index is -4.43. The first kappa shape index (κ1) is 18.0. The van der Waals surface area contributed by atoms with Crippen molar-refractivity contribution in [2.75, 3.05) is 25.2 Å². The molecule has 0 rings (SSSR count). The van der Waals surface area contributed by atoms with Gasteiger partial charge in [-0.2, -0.15) is 24.9 Å². The smallest absolute Gasteiger partial charge is 0.411 e. The zero-order valence-corrected chi connectivity index (χ0v) is 11.1. The Morgan fingerprint density at radius 1 is 1.42 bits per heavy atom. The van der Waals surface area contributed by atoms with Crippen molar-refractivity contribution in [2.45, 2.75) is 25.1 Å². The summed E-state index contributed by atoms with van der Waals surface area (Å²) < 4.78 is 39.4. The van der Waals surface area contributed by atoms with Crippen LogP contribution in [-0.2, 0) is 14.3 Å². The summed E-state index contributed by atoms with van der Waals surface area (Å²) in [5.74, 6) is -1.25. The topological polar surface area (TPSA) is 75.6 Å². The summed E-state index contributed by atoms with van der Waals surface area (Å²) in [7, 11) is 0. The van der Waals surface area contributed by atoms with Gasteiger partial charge in [-0.25, -0.2) is 4.79 Å². The highest BCUT2D eigenvalue weighted by molar-refractivity contribution is 7.98. The molecule has 9 heteroatoms. The third-order valence-corrected chi connectivity index (χ3v) is 2.63. The van der Waals surface area contributed by atoms with Gasteiger partial charge in [-0.05, 0) is 18.4 Å². The summed E-state index contributed by atoms with van der Waals surface area (Å²) in [5, 5.41) is 11.1. The van der Waals surface area contributed by atoms with E-state index in [1.54, 1.807) is 6.26 Å². The SMILES string of the molecule is CSCC[C@@H](NC(=O)CCOCC(F)(F)F)C(=O)O. The van der Waals surface area contributed by atoms with E-state index in [2.05, 4.69) is 10.1 Å². The second kappa shape index (κ2) is 9.03. The molecular formula is C10H16F3NO4S. The van der Waals surface area contributed by atoms with Gasteiger partial charge in [-0.3, -0.25) is 4.79 Å². The Labute approximate surface area is 112 Å². The van der Waals surface area contributed by atoms with E-state index in [4.69, 9.17) is 5.11 Å². The first-order valence-electron chi connectivity index (χ1n) is 5.42. The van der Waals surface area contributed by atoms with Crippen molar-refractivity contribution in [3.05, 3.63) is 0 Å². The van der Waals surface area contributed by atoms with Crippen molar-refractivity contribution in [3.63, 3.8) is 0 Å². The summed E-state index contributed by atoms with van der Waals surface area (Å²) >= 11 is 1.43. The number of amides is 1. The zero-order valence-electron chi connectivity index (χ0n) is 10.3. The van der Waals surface area contributed by atoms with Crippen molar-refractivity contribution in [1.82, 2.24) is 5.32 Å². The number of carbonyl (C=O) groups excluding carboxylic acids is 1. The van der Waals surface area contributed by atoms with E-state index in [-0.39, 0.29) is 12.8 Å². The Hall–Kier alpha value is -0.960. The van der Waals surface area contributed by atoms with Gasteiger partial charge < -0.3 is 15.2 Å². The second-order valence-electron chi connectivity index (χ2n) is 3.66. The molecule has 0 radical (unpaired) electrons. The standard InChI is InChI=1S/C10H16F3NO4S/c1-19-5-3-7(9(16)17)14-8(15)2-4-18-6-10(11,12)13/h7H,2-6H2,1H3,(H,14,15)(H,16,17)/t7-/m1/s1. The average molecular weight is 303 g/mol. The predicted octanol–water partition coefficient (Wildman–Crippen LogP) is 1.28. The highest BCUT2D eigenvalue weighted by Gasteiger charge is 2.27. The largest absolute Gasteiger partial charge is 0.480 e. The zero-order chi connectivity index (χ0) is 14.9. The van der Waals surface area contributed by atoms with E-state index in [0.29, 0.717) is 5.75 Å². The third-order valence-electron chi connectivity index (χ3n) is 1.98. The lowest BCUT2D eigenvalue weighted by molar-refractivity contribution is -0.174. The van der Waals surface area contributed by atoms with E-state index in [0.717, 1.165) is 0 Å². The maximum absolute atomic E-state index is 11.7. The van der Waals surface area contributed by atoms with Crippen LogP contribution in [0.1, 0.15) is 12.8 Å². The van der Waals surface area contributed by atoms with Crippen molar-refractivity contribution in [1.29, 1.82) is 0 Å². The van der Waals surface area contributed by atoms with E-state index >= 15 is 0 Å². The van der Waals surface area contributed by atoms with Crippen molar-refractivity contribution in [2.24, 2.45) is 0 Å². The Morgan fingerprint density at radius 2 is 2.05 bits per heavy atom. The van der Waals surface area contributed by atoms with E-state index in [1.165, 1.54) is 11.8 Å². The molecule has 112 valence electrons. The van der Waals surface area contributed by atoms with E-state index in [1.807, 2.05) is 0 Å². The molecule has 0 aromatic heterocycles. The lowest BCUT2D eigenvalue weighted by Gasteiger charge is -2.14. The molecule has 0 unspecified atom stereocenters. The number of rotatable bonds is 9. The highest BCUT2D eigenvalue weighted by atomic mass is 32.2. The molecule has 1 amide bonds. The number of hydrogen-bond acceptors (Lipinski definition) is 4. The molecule has 1 atom stereocenters. The summed E-state index contributed by atoms with van der Waals surface area (Å²) in [4.78, 5) is 22.1. The van der Waals surface area contributed by atoms with Crippen LogP contribution < -0.4 is 5.32 Å². The fourth-order valence-corrected chi connectivity index (χ4v) is 1.58. The maximum Gasteiger partial charge on any atom is 0.411 e. The molecule has 2 N–H and O–H groups in total. The number of carboxylic acid groups (broad SMARTS) is 1. The Kier molecular flexibility index (Phi) is 8.57. The third kappa shape index (κ3) is 10.6. The minimum Gasteiger partial charge on any atom is -0.480 e. The molecule has 0 fully saturated rings. The Bertz CT molecular complexity index is 299. The van der Waals surface area contributed by atoms with Gasteiger partial charge in [0, 0.05) is 6.42 Å². The van der Waals surface area contributed by atoms with Crippen molar-refractivity contribution < 1.29 is 32.6 Å². The summed E-state index contributed by atoms with van der Waals surface area (Å²) in [6, 6.07) is -1.03. The van der Waals surface area contributed by atoms with Gasteiger partial charge in [0.2, 0.25) is 5.91 Å². The number of carboxylic acids is 1. The first-order chi connectivity index (χ1) is 8.76. The molecule has 0 bridgehead atoms. The van der Waals surface area contributed by atoms with E-state index < -0.39 is 37.3 Å². The molecule has 0 heterocycles. The Balaban J connectivity index is 3.90. The van der Waals surface area contributed by atoms with Crippen LogP contribution in [-0.4, -0.2) is 54.4 Å². The molecule has 0 aliphatic rings. The lowest BCUT2D eigenvalue weighted by Crippen LogP contribution is -2.41. The first-order valence-corrected chi connectivity index (χ1v) is 6.81. The molecule has 0 saturated heterocycles. The van der Waals surface area contributed by atoms with Crippen LogP contribution in [0.3, 0.4) is 0 Å². The fourth-order valence-electron chi connectivity index (χ4n) is 1.11. The monoisotopic (exact) mass is 303 g/mol. The van der Waals surface area contributed by atoms with Crippen LogP contribution in [0, 0.1) is 0 Å². The average Bonchev–Trinajstić information content (AvgIpc) is 2.28. The van der Waals surface area contributed by atoms with Crippen LogP contribution in [0.4, 0.5) is 13.2 Å². The van der Waals surface area contributed by atoms with Crippen LogP contribution in [0.25, 0.3) is 0 Å². The molecule has 0 aliphatic carbocycles. The van der Waals surface area contributed by atoms with E-state index in [9.17, 15) is 22.8 Å². The summed E-state index contributed by atoms with van der Waals surface area (Å²) in [6.07, 6.45) is -2.69. The quantitative estimate of drug-likeness (QED) is 0.628. The number of thioether (sulfide) groups is 1. The highest BCUT2D eigenvalue weighted by Crippen LogP contribution is 2.14. The second-order valence-corrected chi connectivity index (χ2v) is 4.64. The molecule has 5 nitrogen and oxygen atoms in total. The number of ether oxygens (including phenoxy) is 1. The summed E-state index contributed by atoms with van der Waals surface area (Å²) in [6.45, 7) is -1.82. The molecular weight excluding hydrogens is 287 g/mol. The van der Waals surface area contributed by atoms with Gasteiger partial charge >= 0.3 is 12.1 Å². The van der Waals surface area contributed by atoms with Gasteiger partial charge in [-0.1, -0.05) is 0 Å². The number of nitrogens with one attached hydrogen (secondary N) is 1. The predicted molar refractivity (Wildman–Crippen MR) is 64.1 cm³/mol. The van der Waals surface area contributed by atoms with Crippen LogP contribution >= 0.6 is 11.8 Å². The van der Waals surface area contributed by atoms with Crippen LogP contribution in [0.2, 0.25) is 0 Å². The fraction of sp³-hybridized carbons (Fsp3) is 0.800. The Morgan fingerprint density at radius 3 is 2.53 bits per heavy atom. The minimum absolute atomic E-state index is 0.256. The molecule has 0 aliphatic heterocycles. The molecule has 0 spiro atoms. The van der Waals surface area contributed by atoms with Gasteiger partial charge in [0.15, 0.2) is 0 Å². The van der Waals surface area contributed by atoms with Crippen LogP contribution in [0.15, 0.2) is 0 Å². The van der Waals surface area contributed by atoms with Gasteiger partial charge in [-0.15, -0.1) is 0 Å². The number of hydrogen-bond donors (Lipinski definition) is 2. The van der Waals surface area contributed by atoms with Crippen molar-refractivity contribution in [3.8, 4) is 0 Å². The number of carbonyl (C=O) groups is 2. The van der Waals surface area contributed by atoms with Crippen LogP contribution in [0.5, 0.6) is 0 Å². The van der Waals surface area contributed by atoms with Gasteiger partial charge in [0.25, 0.3) is 0 Å². The van der Waals surface area contributed by atoms with Crippen molar-refractivity contribution >= 4 is 23.6 Å². The number of halogens is 3. The number of aliphatic carboxylic acids is 1. The number of alkyl halides is 3. The molecule has 0 aromatic rings. The lowest BCUT2D eigenvalue weighted by atomic mass is 10.2. The molecule has 0 aromatic carbocycles. The summed E-state index contributed by atoms with van der Waals surface area (Å²) in [5.41, 5.74) is 0.